The topological polar surface area (TPSA) is 76.8 Å². The van der Waals surface area contributed by atoms with E-state index in [1.165, 1.54) is 21.5 Å². The number of ether oxygens (including phenoxy) is 2. The fraction of sp³-hybridized carbons (Fsp3) is 0.250. The predicted octanol–water partition coefficient (Wildman–Crippen LogP) is 5.82. The van der Waals surface area contributed by atoms with E-state index in [0.717, 1.165) is 29.9 Å². The van der Waals surface area contributed by atoms with Crippen molar-refractivity contribution in [2.75, 3.05) is 39.5 Å². The number of morpholine rings is 1. The molecule has 1 aliphatic rings. The fourth-order valence-electron chi connectivity index (χ4n) is 5.31. The number of carboxylic acids is 1. The van der Waals surface area contributed by atoms with E-state index in [2.05, 4.69) is 76.7 Å². The summed E-state index contributed by atoms with van der Waals surface area (Å²) in [6, 6.07) is 27.3. The van der Waals surface area contributed by atoms with Crippen LogP contribution in [-0.2, 0) is 11.2 Å². The quantitative estimate of drug-likeness (QED) is 0.260. The molecule has 198 valence electrons. The van der Waals surface area contributed by atoms with Crippen LogP contribution in [0.5, 0.6) is 5.88 Å². The molecule has 1 fully saturated rings. The predicted molar refractivity (Wildman–Crippen MR) is 153 cm³/mol. The Morgan fingerprint density at radius 3 is 2.38 bits per heavy atom. The number of fused-ring (bicyclic) bond motifs is 2. The number of hydrogen-bond donors (Lipinski definition) is 1. The van der Waals surface area contributed by atoms with Gasteiger partial charge in [-0.25, -0.2) is 9.48 Å². The van der Waals surface area contributed by atoms with Crippen LogP contribution in [-0.4, -0.2) is 65.2 Å². The largest absolute Gasteiger partial charge is 0.477 e. The molecule has 39 heavy (non-hydrogen) atoms. The van der Waals surface area contributed by atoms with Gasteiger partial charge in [-0.05, 0) is 63.4 Å². The van der Waals surface area contributed by atoms with Crippen LogP contribution in [0.4, 0.5) is 0 Å². The van der Waals surface area contributed by atoms with Gasteiger partial charge in [0.05, 0.1) is 24.6 Å². The van der Waals surface area contributed by atoms with Crippen LogP contribution in [0.1, 0.15) is 23.0 Å². The van der Waals surface area contributed by atoms with E-state index < -0.39 is 5.97 Å². The zero-order chi connectivity index (χ0) is 26.8. The van der Waals surface area contributed by atoms with Gasteiger partial charge >= 0.3 is 5.97 Å². The lowest BCUT2D eigenvalue weighted by atomic mass is 9.95. The molecule has 6 rings (SSSR count). The van der Waals surface area contributed by atoms with Gasteiger partial charge < -0.3 is 14.6 Å². The SMILES string of the molecule is CCc1nn(-c2ccc(-c3cccc4cc5ccccc5cc34)cc2)c(OCCN2CCOCC2)c1C(=O)O. The van der Waals surface area contributed by atoms with Crippen LogP contribution in [0.2, 0.25) is 0 Å². The molecule has 0 spiro atoms. The summed E-state index contributed by atoms with van der Waals surface area (Å²) in [5, 5.41) is 19.5. The second kappa shape index (κ2) is 10.9. The molecule has 2 heterocycles. The molecule has 7 heteroatoms. The Kier molecular flexibility index (Phi) is 7.00. The minimum absolute atomic E-state index is 0.129. The van der Waals surface area contributed by atoms with Crippen molar-refractivity contribution in [3.63, 3.8) is 0 Å². The summed E-state index contributed by atoms with van der Waals surface area (Å²) in [5.41, 5.74) is 3.62. The first-order valence-corrected chi connectivity index (χ1v) is 13.4. The molecule has 7 nitrogen and oxygen atoms in total. The third-order valence-electron chi connectivity index (χ3n) is 7.38. The van der Waals surface area contributed by atoms with Gasteiger partial charge in [0, 0.05) is 19.6 Å². The Balaban J connectivity index is 1.33. The molecule has 0 bridgehead atoms. The number of nitrogens with zero attached hydrogens (tertiary/aromatic N) is 3. The highest BCUT2D eigenvalue weighted by molar-refractivity contribution is 6.05. The van der Waals surface area contributed by atoms with Crippen molar-refractivity contribution in [3.05, 3.63) is 90.1 Å². The van der Waals surface area contributed by atoms with Gasteiger partial charge in [-0.15, -0.1) is 0 Å². The van der Waals surface area contributed by atoms with E-state index in [4.69, 9.17) is 9.47 Å². The molecule has 0 saturated carbocycles. The Morgan fingerprint density at radius 1 is 0.949 bits per heavy atom. The minimum Gasteiger partial charge on any atom is -0.477 e. The Bertz CT molecular complexity index is 1640. The molecular formula is C32H31N3O4. The van der Waals surface area contributed by atoms with E-state index in [-0.39, 0.29) is 11.4 Å². The van der Waals surface area contributed by atoms with E-state index >= 15 is 0 Å². The van der Waals surface area contributed by atoms with Crippen LogP contribution >= 0.6 is 0 Å². The average molecular weight is 522 g/mol. The van der Waals surface area contributed by atoms with Crippen molar-refractivity contribution in [1.82, 2.24) is 14.7 Å². The third kappa shape index (κ3) is 4.99. The highest BCUT2D eigenvalue weighted by Gasteiger charge is 2.25. The standard InChI is InChI=1S/C32H31N3O4/c1-2-29-30(32(36)37)31(39-19-16-34-14-17-38-18-15-34)35(33-29)26-12-10-22(11-13-26)27-9-5-8-25-20-23-6-3-4-7-24(23)21-28(25)27/h3-13,20-21H,2,14-19H2,1H3,(H,36,37). The lowest BCUT2D eigenvalue weighted by Crippen LogP contribution is -2.38. The molecule has 1 saturated heterocycles. The number of carbonyl (C=O) groups is 1. The zero-order valence-electron chi connectivity index (χ0n) is 22.0. The summed E-state index contributed by atoms with van der Waals surface area (Å²) >= 11 is 0. The van der Waals surface area contributed by atoms with E-state index in [0.29, 0.717) is 38.5 Å². The molecule has 1 aliphatic heterocycles. The van der Waals surface area contributed by atoms with Crippen molar-refractivity contribution in [1.29, 1.82) is 0 Å². The maximum atomic E-state index is 12.2. The van der Waals surface area contributed by atoms with Crippen molar-refractivity contribution in [2.24, 2.45) is 0 Å². The lowest BCUT2D eigenvalue weighted by molar-refractivity contribution is 0.0317. The number of benzene rings is 4. The molecule has 0 unspecified atom stereocenters. The molecule has 0 atom stereocenters. The van der Waals surface area contributed by atoms with Gasteiger partial charge in [0.15, 0.2) is 0 Å². The molecule has 0 radical (unpaired) electrons. The Hall–Kier alpha value is -4.20. The second-order valence-electron chi connectivity index (χ2n) is 9.77. The summed E-state index contributed by atoms with van der Waals surface area (Å²) in [7, 11) is 0. The highest BCUT2D eigenvalue weighted by Crippen LogP contribution is 2.33. The first-order valence-electron chi connectivity index (χ1n) is 13.4. The molecule has 1 aromatic heterocycles. The number of rotatable bonds is 8. The number of hydrogen-bond acceptors (Lipinski definition) is 5. The van der Waals surface area contributed by atoms with Crippen LogP contribution < -0.4 is 4.74 Å². The Labute approximate surface area is 227 Å². The van der Waals surface area contributed by atoms with E-state index in [9.17, 15) is 9.90 Å². The summed E-state index contributed by atoms with van der Waals surface area (Å²) in [6.07, 6.45) is 0.497. The summed E-state index contributed by atoms with van der Waals surface area (Å²) in [6.45, 7) is 6.08. The first-order chi connectivity index (χ1) is 19.1. The number of aromatic nitrogens is 2. The summed E-state index contributed by atoms with van der Waals surface area (Å²) in [4.78, 5) is 14.5. The number of aromatic carboxylic acids is 1. The van der Waals surface area contributed by atoms with E-state index in [1.54, 1.807) is 4.68 Å². The van der Waals surface area contributed by atoms with Crippen molar-refractivity contribution in [3.8, 4) is 22.7 Å². The van der Waals surface area contributed by atoms with Crippen molar-refractivity contribution < 1.29 is 19.4 Å². The van der Waals surface area contributed by atoms with Crippen LogP contribution in [0.3, 0.4) is 0 Å². The van der Waals surface area contributed by atoms with Gasteiger partial charge in [-0.1, -0.05) is 61.5 Å². The lowest BCUT2D eigenvalue weighted by Gasteiger charge is -2.26. The molecular weight excluding hydrogens is 490 g/mol. The minimum atomic E-state index is -1.03. The van der Waals surface area contributed by atoms with Crippen molar-refractivity contribution in [2.45, 2.75) is 13.3 Å². The zero-order valence-corrected chi connectivity index (χ0v) is 22.0. The number of carboxylic acid groups (broad SMARTS) is 1. The molecule has 1 N–H and O–H groups in total. The monoisotopic (exact) mass is 521 g/mol. The van der Waals surface area contributed by atoms with Crippen LogP contribution in [0.25, 0.3) is 38.4 Å². The summed E-state index contributed by atoms with van der Waals surface area (Å²) in [5.74, 6) is -0.754. The van der Waals surface area contributed by atoms with E-state index in [1.807, 2.05) is 19.1 Å². The Morgan fingerprint density at radius 2 is 1.67 bits per heavy atom. The van der Waals surface area contributed by atoms with Crippen molar-refractivity contribution >= 4 is 27.5 Å². The fourth-order valence-corrected chi connectivity index (χ4v) is 5.31. The first kappa shape index (κ1) is 25.1. The molecule has 0 aliphatic carbocycles. The van der Waals surface area contributed by atoms with Crippen LogP contribution in [0, 0.1) is 0 Å². The molecule has 0 amide bonds. The smallest absolute Gasteiger partial charge is 0.343 e. The normalized spacial score (nSPS) is 14.2. The molecule has 4 aromatic carbocycles. The highest BCUT2D eigenvalue weighted by atomic mass is 16.5. The number of aryl methyl sites for hydroxylation is 1. The molecule has 5 aromatic rings. The third-order valence-corrected chi connectivity index (χ3v) is 7.38. The van der Waals surface area contributed by atoms with Gasteiger partial charge in [-0.2, -0.15) is 5.10 Å². The maximum absolute atomic E-state index is 12.2. The van der Waals surface area contributed by atoms with Gasteiger partial charge in [0.2, 0.25) is 5.88 Å². The van der Waals surface area contributed by atoms with Gasteiger partial charge in [0.25, 0.3) is 0 Å². The summed E-state index contributed by atoms with van der Waals surface area (Å²) < 4.78 is 13.2. The van der Waals surface area contributed by atoms with Crippen LogP contribution in [0.15, 0.2) is 78.9 Å². The van der Waals surface area contributed by atoms with Gasteiger partial charge in [-0.3, -0.25) is 4.90 Å². The maximum Gasteiger partial charge on any atom is 0.343 e. The second-order valence-corrected chi connectivity index (χ2v) is 9.77. The average Bonchev–Trinajstić information content (AvgIpc) is 3.35. The van der Waals surface area contributed by atoms with Gasteiger partial charge in [0.1, 0.15) is 12.2 Å².